The third-order valence-corrected chi connectivity index (χ3v) is 7.97. The minimum absolute atomic E-state index is 0.00442. The van der Waals surface area contributed by atoms with Crippen LogP contribution in [0.1, 0.15) is 54.3 Å². The molecule has 0 amide bonds. The molecule has 2 saturated heterocycles. The summed E-state index contributed by atoms with van der Waals surface area (Å²) in [6.07, 6.45) is 7.77. The standard InChI is InChI=1S/C25H27ClFN3O3/c26-18-11-28-24(29-12-18)30-7-5-15(6-8-30)20-10-25(20)13-32-23(33-14-25)17-3-4-19(21(27)9-17)22(31)16-1-2-16/h3-4,9,11-12,15-16,20,23H,1-2,5-8,10,13-14H2/t20-,23?,25?/m0/s1. The third-order valence-electron chi connectivity index (χ3n) is 7.77. The van der Waals surface area contributed by atoms with Gasteiger partial charge in [-0.15, -0.1) is 0 Å². The van der Waals surface area contributed by atoms with Crippen LogP contribution in [0.25, 0.3) is 0 Å². The molecule has 8 heteroatoms. The average molecular weight is 472 g/mol. The van der Waals surface area contributed by atoms with E-state index >= 15 is 0 Å². The fraction of sp³-hybridized carbons (Fsp3) is 0.560. The summed E-state index contributed by atoms with van der Waals surface area (Å²) in [6, 6.07) is 4.75. The van der Waals surface area contributed by atoms with Crippen molar-refractivity contribution >= 4 is 23.3 Å². The van der Waals surface area contributed by atoms with Crippen LogP contribution in [0.15, 0.2) is 30.6 Å². The first-order valence-electron chi connectivity index (χ1n) is 11.8. The number of nitrogens with zero attached hydrogens (tertiary/aromatic N) is 3. The average Bonchev–Trinajstić information content (AvgIpc) is 3.77. The Bertz CT molecular complexity index is 1050. The molecule has 1 spiro atoms. The van der Waals surface area contributed by atoms with Crippen molar-refractivity contribution < 1.29 is 18.7 Å². The van der Waals surface area contributed by atoms with E-state index in [2.05, 4.69) is 14.9 Å². The maximum atomic E-state index is 14.5. The number of ketones is 1. The van der Waals surface area contributed by atoms with E-state index in [0.29, 0.717) is 35.6 Å². The predicted molar refractivity (Wildman–Crippen MR) is 121 cm³/mol. The van der Waals surface area contributed by atoms with Crippen molar-refractivity contribution in [1.82, 2.24) is 9.97 Å². The zero-order chi connectivity index (χ0) is 22.6. The maximum absolute atomic E-state index is 14.5. The van der Waals surface area contributed by atoms with Gasteiger partial charge in [0.1, 0.15) is 5.82 Å². The van der Waals surface area contributed by atoms with E-state index in [1.807, 2.05) is 0 Å². The number of carbonyl (C=O) groups is 1. The van der Waals surface area contributed by atoms with E-state index in [0.717, 1.165) is 51.1 Å². The molecule has 0 N–H and O–H groups in total. The summed E-state index contributed by atoms with van der Waals surface area (Å²) in [7, 11) is 0. The summed E-state index contributed by atoms with van der Waals surface area (Å²) in [5.74, 6) is 1.43. The van der Waals surface area contributed by atoms with Gasteiger partial charge >= 0.3 is 0 Å². The molecule has 3 heterocycles. The molecule has 0 radical (unpaired) electrons. The fourth-order valence-electron chi connectivity index (χ4n) is 5.56. The van der Waals surface area contributed by atoms with Crippen LogP contribution in [0, 0.1) is 29.0 Å². The van der Waals surface area contributed by atoms with Gasteiger partial charge in [-0.2, -0.15) is 0 Å². The normalized spacial score (nSPS) is 29.9. The molecular weight excluding hydrogens is 445 g/mol. The fourth-order valence-corrected chi connectivity index (χ4v) is 5.65. The lowest BCUT2D eigenvalue weighted by atomic mass is 9.87. The van der Waals surface area contributed by atoms with E-state index in [1.165, 1.54) is 6.07 Å². The van der Waals surface area contributed by atoms with Crippen LogP contribution in [0.4, 0.5) is 10.3 Å². The van der Waals surface area contributed by atoms with Crippen molar-refractivity contribution in [3.05, 3.63) is 52.6 Å². The molecule has 4 fully saturated rings. The third kappa shape index (κ3) is 4.15. The maximum Gasteiger partial charge on any atom is 0.225 e. The van der Waals surface area contributed by atoms with Crippen molar-refractivity contribution in [2.45, 2.75) is 38.4 Å². The molecule has 1 aromatic heterocycles. The lowest BCUT2D eigenvalue weighted by Crippen LogP contribution is -2.37. The van der Waals surface area contributed by atoms with Crippen LogP contribution in [0.5, 0.6) is 0 Å². The van der Waals surface area contributed by atoms with Gasteiger partial charge < -0.3 is 14.4 Å². The van der Waals surface area contributed by atoms with Gasteiger partial charge in [-0.1, -0.05) is 17.7 Å². The zero-order valence-corrected chi connectivity index (χ0v) is 19.1. The van der Waals surface area contributed by atoms with Crippen LogP contribution in [-0.4, -0.2) is 42.1 Å². The number of rotatable bonds is 5. The van der Waals surface area contributed by atoms with Gasteiger partial charge in [-0.25, -0.2) is 14.4 Å². The quantitative estimate of drug-likeness (QED) is 0.582. The van der Waals surface area contributed by atoms with Crippen LogP contribution in [0.3, 0.4) is 0 Å². The number of benzene rings is 1. The Hall–Kier alpha value is -2.09. The number of aromatic nitrogens is 2. The molecule has 4 aliphatic rings. The molecular formula is C25H27ClFN3O3. The SMILES string of the molecule is O=C(c1ccc(C2OCC3(CO2)C[C@H]3C2CCN(c3ncc(Cl)cn3)CC2)cc1F)C1CC1. The summed E-state index contributed by atoms with van der Waals surface area (Å²) < 4.78 is 26.7. The second-order valence-electron chi connectivity index (χ2n) is 10.0. The molecule has 1 atom stereocenters. The number of carbonyl (C=O) groups excluding carboxylic acids is 1. The summed E-state index contributed by atoms with van der Waals surface area (Å²) >= 11 is 5.90. The van der Waals surface area contributed by atoms with Gasteiger partial charge in [0.05, 0.1) is 36.2 Å². The van der Waals surface area contributed by atoms with Gasteiger partial charge in [-0.05, 0) is 56.1 Å². The molecule has 33 heavy (non-hydrogen) atoms. The first-order valence-corrected chi connectivity index (χ1v) is 12.2. The highest BCUT2D eigenvalue weighted by atomic mass is 35.5. The Labute approximate surface area is 197 Å². The molecule has 2 aliphatic carbocycles. The van der Waals surface area contributed by atoms with E-state index in [4.69, 9.17) is 21.1 Å². The Kier molecular flexibility index (Phi) is 5.39. The summed E-state index contributed by atoms with van der Waals surface area (Å²) in [4.78, 5) is 23.1. The lowest BCUT2D eigenvalue weighted by molar-refractivity contribution is -0.216. The van der Waals surface area contributed by atoms with E-state index in [1.54, 1.807) is 24.5 Å². The van der Waals surface area contributed by atoms with Gasteiger partial charge in [0.2, 0.25) is 5.95 Å². The zero-order valence-electron chi connectivity index (χ0n) is 18.4. The molecule has 2 aromatic rings. The number of Topliss-reactive ketones (excluding diaryl/α,β-unsaturated/α-hetero) is 1. The van der Waals surface area contributed by atoms with Gasteiger partial charge in [0, 0.05) is 30.0 Å². The van der Waals surface area contributed by atoms with Crippen LogP contribution in [-0.2, 0) is 9.47 Å². The van der Waals surface area contributed by atoms with Crippen LogP contribution >= 0.6 is 11.6 Å². The minimum atomic E-state index is -0.569. The van der Waals surface area contributed by atoms with Crippen molar-refractivity contribution in [3.8, 4) is 0 Å². The first kappa shape index (κ1) is 21.4. The number of ether oxygens (including phenoxy) is 2. The molecule has 1 aromatic carbocycles. The minimum Gasteiger partial charge on any atom is -0.348 e. The molecule has 2 aliphatic heterocycles. The topological polar surface area (TPSA) is 64.6 Å². The van der Waals surface area contributed by atoms with E-state index in [9.17, 15) is 9.18 Å². The second kappa shape index (κ2) is 8.29. The van der Waals surface area contributed by atoms with Crippen molar-refractivity contribution in [1.29, 1.82) is 0 Å². The number of hydrogen-bond acceptors (Lipinski definition) is 6. The largest absolute Gasteiger partial charge is 0.348 e. The highest BCUT2D eigenvalue weighted by Gasteiger charge is 2.59. The first-order chi connectivity index (χ1) is 16.0. The Morgan fingerprint density at radius 1 is 1.09 bits per heavy atom. The van der Waals surface area contributed by atoms with Crippen LogP contribution < -0.4 is 4.90 Å². The van der Waals surface area contributed by atoms with Crippen molar-refractivity contribution in [2.24, 2.45) is 23.2 Å². The Morgan fingerprint density at radius 2 is 1.79 bits per heavy atom. The smallest absolute Gasteiger partial charge is 0.225 e. The molecule has 2 saturated carbocycles. The highest BCUT2D eigenvalue weighted by molar-refractivity contribution is 6.30. The predicted octanol–water partition coefficient (Wildman–Crippen LogP) is 4.83. The van der Waals surface area contributed by atoms with Gasteiger partial charge in [0.15, 0.2) is 12.1 Å². The van der Waals surface area contributed by atoms with Crippen molar-refractivity contribution in [2.75, 3.05) is 31.2 Å². The Balaban J connectivity index is 1.03. The number of piperidine rings is 1. The van der Waals surface area contributed by atoms with E-state index < -0.39 is 12.1 Å². The molecule has 174 valence electrons. The van der Waals surface area contributed by atoms with Gasteiger partial charge in [-0.3, -0.25) is 4.79 Å². The molecule has 0 unspecified atom stereocenters. The summed E-state index contributed by atoms with van der Waals surface area (Å²) in [5.41, 5.74) is 0.912. The molecule has 6 rings (SSSR count). The van der Waals surface area contributed by atoms with E-state index in [-0.39, 0.29) is 22.7 Å². The number of halogens is 2. The Morgan fingerprint density at radius 3 is 2.42 bits per heavy atom. The van der Waals surface area contributed by atoms with Gasteiger partial charge in [0.25, 0.3) is 0 Å². The van der Waals surface area contributed by atoms with Crippen LogP contribution in [0.2, 0.25) is 5.02 Å². The monoisotopic (exact) mass is 471 g/mol. The number of hydrogen-bond donors (Lipinski definition) is 0. The highest BCUT2D eigenvalue weighted by Crippen LogP contribution is 2.61. The molecule has 6 nitrogen and oxygen atoms in total. The number of anilines is 1. The lowest BCUT2D eigenvalue weighted by Gasteiger charge is -2.35. The van der Waals surface area contributed by atoms with Crippen molar-refractivity contribution in [3.63, 3.8) is 0 Å². The summed E-state index contributed by atoms with van der Waals surface area (Å²) in [6.45, 7) is 3.14. The molecule has 0 bridgehead atoms. The second-order valence-corrected chi connectivity index (χ2v) is 10.5. The summed E-state index contributed by atoms with van der Waals surface area (Å²) in [5, 5.41) is 0.551.